The van der Waals surface area contributed by atoms with Gasteiger partial charge in [-0.15, -0.1) is 11.3 Å². The summed E-state index contributed by atoms with van der Waals surface area (Å²) in [7, 11) is 0. The second kappa shape index (κ2) is 6.53. The van der Waals surface area contributed by atoms with Crippen molar-refractivity contribution < 1.29 is 4.79 Å². The number of amides is 1. The summed E-state index contributed by atoms with van der Waals surface area (Å²) in [5.41, 5.74) is 4.29. The first-order chi connectivity index (χ1) is 12.2. The van der Waals surface area contributed by atoms with Crippen molar-refractivity contribution in [3.63, 3.8) is 0 Å². The normalized spacial score (nSPS) is 18.4. The number of carbonyl (C=O) groups excluding carboxylic acids is 1. The Kier molecular flexibility index (Phi) is 4.22. The maximum absolute atomic E-state index is 12.6. The molecule has 1 N–H and O–H groups in total. The number of hydrogen-bond acceptors (Lipinski definition) is 4. The van der Waals surface area contributed by atoms with E-state index < -0.39 is 0 Å². The molecule has 0 spiro atoms. The number of anilines is 2. The number of hydrogen-bond donors (Lipinski definition) is 1. The van der Waals surface area contributed by atoms with E-state index >= 15 is 0 Å². The topological polar surface area (TPSA) is 56.1 Å². The summed E-state index contributed by atoms with van der Waals surface area (Å²) in [5.74, 6) is 0.613. The Labute approximate surface area is 152 Å². The van der Waals surface area contributed by atoms with Crippen LogP contribution in [0.25, 0.3) is 0 Å². The van der Waals surface area contributed by atoms with Crippen molar-refractivity contribution in [3.05, 3.63) is 45.8 Å². The lowest BCUT2D eigenvalue weighted by molar-refractivity contribution is -0.114. The Morgan fingerprint density at radius 2 is 2.24 bits per heavy atom. The number of nitrogens with zero attached hydrogens (tertiary/aromatic N) is 2. The summed E-state index contributed by atoms with van der Waals surface area (Å²) >= 11 is 1.59. The van der Waals surface area contributed by atoms with Crippen LogP contribution in [-0.4, -0.2) is 19.0 Å². The van der Waals surface area contributed by atoms with Gasteiger partial charge >= 0.3 is 0 Å². The van der Waals surface area contributed by atoms with Gasteiger partial charge < -0.3 is 10.2 Å². The Morgan fingerprint density at radius 3 is 3.08 bits per heavy atom. The molecule has 0 saturated heterocycles. The van der Waals surface area contributed by atoms with Gasteiger partial charge in [0.25, 0.3) is 0 Å². The van der Waals surface area contributed by atoms with E-state index in [0.717, 1.165) is 48.5 Å². The van der Waals surface area contributed by atoms with Gasteiger partial charge in [-0.1, -0.05) is 25.1 Å². The molecule has 5 heteroatoms. The molecule has 4 nitrogen and oxygen atoms in total. The molecule has 4 rings (SSSR count). The Bertz CT molecular complexity index is 864. The zero-order valence-corrected chi connectivity index (χ0v) is 15.2. The van der Waals surface area contributed by atoms with Gasteiger partial charge in [0.05, 0.1) is 12.1 Å². The summed E-state index contributed by atoms with van der Waals surface area (Å²) in [5, 5.41) is 13.3. The first-order valence-corrected chi connectivity index (χ1v) is 9.64. The van der Waals surface area contributed by atoms with Gasteiger partial charge in [0, 0.05) is 17.1 Å². The zero-order valence-electron chi connectivity index (χ0n) is 14.3. The average molecular weight is 351 g/mol. The minimum absolute atomic E-state index is 0.0418. The Hall–Kier alpha value is -2.32. The number of para-hydroxylation sites is 1. The van der Waals surface area contributed by atoms with Crippen molar-refractivity contribution in [1.82, 2.24) is 0 Å². The van der Waals surface area contributed by atoms with Crippen LogP contribution >= 0.6 is 11.3 Å². The zero-order chi connectivity index (χ0) is 17.4. The second-order valence-corrected chi connectivity index (χ2v) is 8.12. The van der Waals surface area contributed by atoms with Crippen LogP contribution in [0.2, 0.25) is 0 Å². The summed E-state index contributed by atoms with van der Waals surface area (Å²) in [4.78, 5) is 16.0. The molecule has 2 aliphatic rings. The lowest BCUT2D eigenvalue weighted by Crippen LogP contribution is -2.31. The maximum atomic E-state index is 12.6. The monoisotopic (exact) mass is 351 g/mol. The Morgan fingerprint density at radius 1 is 1.40 bits per heavy atom. The molecular weight excluding hydrogens is 330 g/mol. The number of fused-ring (bicyclic) bond motifs is 2. The standard InChI is InChI=1S/C20H21N3OS/c1-13-6-7-15-16(11-21)20(25-18(15)10-13)22-19(24)12-23-9-8-14-4-2-3-5-17(14)23/h2-5,13H,6-10,12H2,1H3,(H,22,24). The van der Waals surface area contributed by atoms with Gasteiger partial charge in [0.2, 0.25) is 5.91 Å². The van der Waals surface area contributed by atoms with Crippen LogP contribution < -0.4 is 10.2 Å². The van der Waals surface area contributed by atoms with Gasteiger partial charge in [0.1, 0.15) is 11.1 Å². The number of thiophene rings is 1. The van der Waals surface area contributed by atoms with Gasteiger partial charge in [-0.3, -0.25) is 4.79 Å². The Balaban J connectivity index is 1.50. The summed E-state index contributed by atoms with van der Waals surface area (Å²) in [6, 6.07) is 10.6. The number of rotatable bonds is 3. The SMILES string of the molecule is CC1CCc2c(sc(NC(=O)CN3CCc4ccccc43)c2C#N)C1. The van der Waals surface area contributed by atoms with Crippen LogP contribution in [0.15, 0.2) is 24.3 Å². The number of nitrogens with one attached hydrogen (secondary N) is 1. The molecule has 0 saturated carbocycles. The van der Waals surface area contributed by atoms with Gasteiger partial charge in [-0.25, -0.2) is 0 Å². The molecular formula is C20H21N3OS. The van der Waals surface area contributed by atoms with E-state index in [0.29, 0.717) is 18.0 Å². The number of carbonyl (C=O) groups is 1. The number of nitriles is 1. The lowest BCUT2D eigenvalue weighted by Gasteiger charge is -2.18. The first kappa shape index (κ1) is 16.2. The summed E-state index contributed by atoms with van der Waals surface area (Å²) in [6.07, 6.45) is 4.07. The molecule has 1 aromatic carbocycles. The van der Waals surface area contributed by atoms with Gasteiger partial charge in [-0.2, -0.15) is 5.26 Å². The summed E-state index contributed by atoms with van der Waals surface area (Å²) in [6.45, 7) is 3.45. The molecule has 0 bridgehead atoms. The molecule has 2 heterocycles. The largest absolute Gasteiger partial charge is 0.362 e. The van der Waals surface area contributed by atoms with Crippen LogP contribution in [0.4, 0.5) is 10.7 Å². The summed E-state index contributed by atoms with van der Waals surface area (Å²) < 4.78 is 0. The fourth-order valence-corrected chi connectivity index (χ4v) is 5.24. The predicted octanol–water partition coefficient (Wildman–Crippen LogP) is 3.75. The molecule has 25 heavy (non-hydrogen) atoms. The van der Waals surface area contributed by atoms with Crippen molar-refractivity contribution in [3.8, 4) is 6.07 Å². The quantitative estimate of drug-likeness (QED) is 0.916. The van der Waals surface area contributed by atoms with Crippen molar-refractivity contribution >= 4 is 27.9 Å². The molecule has 0 radical (unpaired) electrons. The maximum Gasteiger partial charge on any atom is 0.244 e. The van der Waals surface area contributed by atoms with E-state index in [-0.39, 0.29) is 5.91 Å². The van der Waals surface area contributed by atoms with Crippen molar-refractivity contribution in [1.29, 1.82) is 5.26 Å². The van der Waals surface area contributed by atoms with Crippen molar-refractivity contribution in [2.75, 3.05) is 23.3 Å². The third kappa shape index (κ3) is 3.03. The van der Waals surface area contributed by atoms with Crippen molar-refractivity contribution in [2.45, 2.75) is 32.6 Å². The highest BCUT2D eigenvalue weighted by Crippen LogP contribution is 2.39. The highest BCUT2D eigenvalue weighted by atomic mass is 32.1. The second-order valence-electron chi connectivity index (χ2n) is 7.02. The van der Waals surface area contributed by atoms with Gasteiger partial charge in [0.15, 0.2) is 0 Å². The van der Waals surface area contributed by atoms with Gasteiger partial charge in [-0.05, 0) is 48.8 Å². The van der Waals surface area contributed by atoms with E-state index in [2.05, 4.69) is 35.3 Å². The molecule has 1 aliphatic heterocycles. The lowest BCUT2D eigenvalue weighted by atomic mass is 9.89. The van der Waals surface area contributed by atoms with Crippen molar-refractivity contribution in [2.24, 2.45) is 5.92 Å². The minimum Gasteiger partial charge on any atom is -0.362 e. The fourth-order valence-electron chi connectivity index (χ4n) is 3.87. The highest BCUT2D eigenvalue weighted by molar-refractivity contribution is 7.16. The molecule has 0 fully saturated rings. The van der Waals surface area contributed by atoms with Crippen LogP contribution in [0.1, 0.15) is 34.9 Å². The molecule has 1 aliphatic carbocycles. The van der Waals surface area contributed by atoms with E-state index in [1.807, 2.05) is 12.1 Å². The molecule has 1 aromatic heterocycles. The number of benzene rings is 1. The molecule has 1 unspecified atom stereocenters. The highest BCUT2D eigenvalue weighted by Gasteiger charge is 2.26. The molecule has 1 amide bonds. The fraction of sp³-hybridized carbons (Fsp3) is 0.400. The molecule has 128 valence electrons. The van der Waals surface area contributed by atoms with E-state index in [9.17, 15) is 10.1 Å². The van der Waals surface area contributed by atoms with Crippen LogP contribution in [-0.2, 0) is 24.1 Å². The average Bonchev–Trinajstić information content (AvgIpc) is 3.15. The third-order valence-electron chi connectivity index (χ3n) is 5.19. The smallest absolute Gasteiger partial charge is 0.244 e. The van der Waals surface area contributed by atoms with Crippen LogP contribution in [0.5, 0.6) is 0 Å². The molecule has 2 aromatic rings. The molecule has 1 atom stereocenters. The van der Waals surface area contributed by atoms with E-state index in [4.69, 9.17) is 0 Å². The van der Waals surface area contributed by atoms with E-state index in [1.54, 1.807) is 11.3 Å². The minimum atomic E-state index is -0.0418. The third-order valence-corrected chi connectivity index (χ3v) is 6.36. The van der Waals surface area contributed by atoms with E-state index in [1.165, 1.54) is 10.4 Å². The first-order valence-electron chi connectivity index (χ1n) is 8.83. The predicted molar refractivity (Wildman–Crippen MR) is 101 cm³/mol. The van der Waals surface area contributed by atoms with Crippen LogP contribution in [0, 0.1) is 17.2 Å². The van der Waals surface area contributed by atoms with Crippen LogP contribution in [0.3, 0.4) is 0 Å².